The van der Waals surface area contributed by atoms with Gasteiger partial charge in [0.1, 0.15) is 0 Å². The Bertz CT molecular complexity index is 692. The number of urea groups is 1. The highest BCUT2D eigenvalue weighted by Gasteiger charge is 2.44. The van der Waals surface area contributed by atoms with Gasteiger partial charge in [0.25, 0.3) is 0 Å². The molecule has 1 heterocycles. The van der Waals surface area contributed by atoms with Crippen LogP contribution in [0.25, 0.3) is 0 Å². The largest absolute Gasteiger partial charge is 0.330 e. The van der Waals surface area contributed by atoms with Gasteiger partial charge in [-0.3, -0.25) is 0 Å². The average Bonchev–Trinajstić information content (AvgIpc) is 3.02. The van der Waals surface area contributed by atoms with Crippen LogP contribution in [0.1, 0.15) is 96.6 Å². The maximum Gasteiger partial charge on any atom is 0.319 e. The monoisotopic (exact) mass is 450 g/mol. The summed E-state index contributed by atoms with van der Waals surface area (Å²) in [6.07, 6.45) is 6.85. The zero-order valence-electron chi connectivity index (χ0n) is 19.8. The molecule has 1 saturated carbocycles. The van der Waals surface area contributed by atoms with E-state index in [0.717, 1.165) is 22.7 Å². The summed E-state index contributed by atoms with van der Waals surface area (Å²) in [6.45, 7) is 13.6. The van der Waals surface area contributed by atoms with Crippen molar-refractivity contribution in [3.05, 3.63) is 29.3 Å². The van der Waals surface area contributed by atoms with Crippen molar-refractivity contribution >= 4 is 31.6 Å². The van der Waals surface area contributed by atoms with E-state index < -0.39 is 9.06 Å². The topological polar surface area (TPSA) is 41.1 Å². The van der Waals surface area contributed by atoms with Crippen LogP contribution >= 0.6 is 19.9 Å². The molecule has 2 N–H and O–H groups in total. The highest BCUT2D eigenvalue weighted by molar-refractivity contribution is 8.95. The lowest BCUT2D eigenvalue weighted by Gasteiger charge is -2.44. The Morgan fingerprint density at radius 1 is 1.07 bits per heavy atom. The number of hydrogen-bond donors (Lipinski definition) is 2. The first-order chi connectivity index (χ1) is 14.2. The van der Waals surface area contributed by atoms with Gasteiger partial charge in [0.2, 0.25) is 0 Å². The molecule has 30 heavy (non-hydrogen) atoms. The van der Waals surface area contributed by atoms with Crippen LogP contribution in [-0.4, -0.2) is 28.2 Å². The van der Waals surface area contributed by atoms with Crippen LogP contribution in [0.5, 0.6) is 0 Å². The summed E-state index contributed by atoms with van der Waals surface area (Å²) >= 11 is 0. The van der Waals surface area contributed by atoms with Crippen LogP contribution in [0, 0.1) is 5.92 Å². The van der Waals surface area contributed by atoms with Gasteiger partial charge in [-0.25, -0.2) is 4.79 Å². The molecule has 0 aromatic heterocycles. The Morgan fingerprint density at radius 3 is 2.17 bits per heavy atom. The predicted molar refractivity (Wildman–Crippen MR) is 137 cm³/mol. The lowest BCUT2D eigenvalue weighted by atomic mass is 9.93. The number of para-hydroxylation sites is 1. The van der Waals surface area contributed by atoms with Gasteiger partial charge >= 0.3 is 6.03 Å². The van der Waals surface area contributed by atoms with Crippen LogP contribution in [0.15, 0.2) is 18.2 Å². The molecule has 3 nitrogen and oxygen atoms in total. The quantitative estimate of drug-likeness (QED) is 0.433. The number of hydrogen-bond acceptors (Lipinski definition) is 2. The predicted octanol–water partition coefficient (Wildman–Crippen LogP) is 7.84. The van der Waals surface area contributed by atoms with E-state index in [2.05, 4.69) is 81.2 Å². The van der Waals surface area contributed by atoms with Gasteiger partial charge in [-0.05, 0) is 52.7 Å². The molecule has 3 rings (SSSR count). The minimum absolute atomic E-state index is 0.0273. The van der Waals surface area contributed by atoms with Crippen LogP contribution < -0.4 is 10.6 Å². The molecule has 1 aromatic carbocycles. The second kappa shape index (κ2) is 10.2. The van der Waals surface area contributed by atoms with Crippen LogP contribution in [0.2, 0.25) is 0 Å². The maximum atomic E-state index is 13.1. The summed E-state index contributed by atoms with van der Waals surface area (Å²) in [6, 6.07) is 6.39. The molecular weight excluding hydrogens is 408 g/mol. The van der Waals surface area contributed by atoms with E-state index in [0.29, 0.717) is 17.1 Å². The summed E-state index contributed by atoms with van der Waals surface area (Å²) < 4.78 is 0. The van der Waals surface area contributed by atoms with Gasteiger partial charge in [-0.2, -0.15) is 9.06 Å². The first-order valence-corrected chi connectivity index (χ1v) is 15.3. The first-order valence-electron chi connectivity index (χ1n) is 11.9. The third-order valence-electron chi connectivity index (χ3n) is 6.94. The van der Waals surface area contributed by atoms with Crippen molar-refractivity contribution in [2.45, 2.75) is 96.0 Å². The third-order valence-corrected chi connectivity index (χ3v) is 15.1. The molecule has 2 aliphatic rings. The lowest BCUT2D eigenvalue weighted by Crippen LogP contribution is -2.36. The summed E-state index contributed by atoms with van der Waals surface area (Å²) in [4.78, 5) is 13.1. The number of rotatable bonds is 6. The molecule has 1 aliphatic carbocycles. The van der Waals surface area contributed by atoms with Gasteiger partial charge in [-0.15, -0.1) is 10.8 Å². The maximum absolute atomic E-state index is 13.1. The number of nitrogens with one attached hydrogen (secondary N) is 2. The fraction of sp³-hybridized carbons (Fsp3) is 0.720. The van der Waals surface area contributed by atoms with Crippen molar-refractivity contribution in [2.24, 2.45) is 5.92 Å². The van der Waals surface area contributed by atoms with Crippen molar-refractivity contribution in [2.75, 3.05) is 16.9 Å². The minimum atomic E-state index is -0.857. The van der Waals surface area contributed by atoms with Crippen molar-refractivity contribution in [1.82, 2.24) is 5.32 Å². The normalized spacial score (nSPS) is 29.7. The number of carbonyl (C=O) groups excluding carboxylic acids is 1. The zero-order chi connectivity index (χ0) is 21.9. The van der Waals surface area contributed by atoms with E-state index in [1.165, 1.54) is 49.0 Å². The van der Waals surface area contributed by atoms with Crippen molar-refractivity contribution in [3.8, 4) is 0 Å². The Balaban J connectivity index is 1.74. The van der Waals surface area contributed by atoms with Crippen molar-refractivity contribution < 1.29 is 4.79 Å². The van der Waals surface area contributed by atoms with Gasteiger partial charge in [0, 0.05) is 10.9 Å². The lowest BCUT2D eigenvalue weighted by molar-refractivity contribution is 0.253. The Hall–Kier alpha value is -0.810. The Kier molecular flexibility index (Phi) is 8.11. The standard InChI is InChI=1S/C25H42N2OS2/c1-17(2)22-13-10-14-23(18(3)4)24(22)27-25(28)26-16-30(15-19(5)20(6)29-30)21-11-8-7-9-12-21/h10,13-14,17-21H,7-9,11-12,15-16H2,1-6H3,(H2,26,27,28). The zero-order valence-corrected chi connectivity index (χ0v) is 21.4. The molecule has 0 spiro atoms. The van der Waals surface area contributed by atoms with E-state index in [-0.39, 0.29) is 6.03 Å². The molecule has 1 aliphatic heterocycles. The summed E-state index contributed by atoms with van der Waals surface area (Å²) in [7, 11) is 1.38. The van der Waals surface area contributed by atoms with E-state index in [1.807, 2.05) is 0 Å². The molecule has 3 unspecified atom stereocenters. The van der Waals surface area contributed by atoms with Gasteiger partial charge in [0.05, 0.1) is 5.88 Å². The fourth-order valence-electron chi connectivity index (χ4n) is 4.98. The molecule has 2 fully saturated rings. The van der Waals surface area contributed by atoms with Crippen molar-refractivity contribution in [1.29, 1.82) is 0 Å². The molecule has 3 atom stereocenters. The van der Waals surface area contributed by atoms with E-state index in [4.69, 9.17) is 0 Å². The molecule has 0 radical (unpaired) electrons. The minimum Gasteiger partial charge on any atom is -0.330 e. The van der Waals surface area contributed by atoms with Crippen LogP contribution in [0.4, 0.5) is 10.5 Å². The highest BCUT2D eigenvalue weighted by Crippen LogP contribution is 2.72. The Morgan fingerprint density at radius 2 is 1.67 bits per heavy atom. The number of amides is 2. The molecule has 170 valence electrons. The van der Waals surface area contributed by atoms with Gasteiger partial charge in [0.15, 0.2) is 0 Å². The molecule has 1 aromatic rings. The second-order valence-electron chi connectivity index (χ2n) is 9.97. The Labute approximate surface area is 189 Å². The SMILES string of the molecule is CC(C)c1cccc(C(C)C)c1NC(=O)NCS1(C2CCCCC2)CC(C)C(C)S1. The summed E-state index contributed by atoms with van der Waals surface area (Å²) in [5, 5.41) is 8.14. The van der Waals surface area contributed by atoms with Gasteiger partial charge in [-0.1, -0.05) is 79.0 Å². The summed E-state index contributed by atoms with van der Waals surface area (Å²) in [5.74, 6) is 3.69. The number of anilines is 1. The first kappa shape index (κ1) is 23.8. The van der Waals surface area contributed by atoms with E-state index in [1.54, 1.807) is 0 Å². The smallest absolute Gasteiger partial charge is 0.319 e. The van der Waals surface area contributed by atoms with Crippen LogP contribution in [-0.2, 0) is 0 Å². The number of carbonyl (C=O) groups is 1. The highest BCUT2D eigenvalue weighted by atomic mass is 33.2. The van der Waals surface area contributed by atoms with Crippen LogP contribution in [0.3, 0.4) is 0 Å². The fourth-order valence-corrected chi connectivity index (χ4v) is 14.4. The second-order valence-corrected chi connectivity index (χ2v) is 16.5. The van der Waals surface area contributed by atoms with E-state index >= 15 is 0 Å². The molecule has 5 heteroatoms. The average molecular weight is 451 g/mol. The number of benzene rings is 1. The molecule has 0 bridgehead atoms. The van der Waals surface area contributed by atoms with Gasteiger partial charge < -0.3 is 10.6 Å². The molecular formula is C25H42N2OS2. The summed E-state index contributed by atoms with van der Waals surface area (Å²) in [5.41, 5.74) is 3.47. The molecule has 2 amide bonds. The van der Waals surface area contributed by atoms with E-state index in [9.17, 15) is 4.79 Å². The third kappa shape index (κ3) is 5.32. The van der Waals surface area contributed by atoms with Crippen molar-refractivity contribution in [3.63, 3.8) is 0 Å². The molecule has 1 saturated heterocycles.